The number of nitrogens with zero attached hydrogens (tertiary/aromatic N) is 1. The lowest BCUT2D eigenvalue weighted by molar-refractivity contribution is -0.384. The van der Waals surface area contributed by atoms with Gasteiger partial charge in [-0.25, -0.2) is 0 Å². The molecular weight excluding hydrogens is 312 g/mol. The summed E-state index contributed by atoms with van der Waals surface area (Å²) in [4.78, 5) is 23.0. The predicted octanol–water partition coefficient (Wildman–Crippen LogP) is 4.14. The van der Waals surface area contributed by atoms with Crippen molar-refractivity contribution < 1.29 is 9.72 Å². The first-order chi connectivity index (χ1) is 11.1. The molecule has 0 unspecified atom stereocenters. The Balaban J connectivity index is 2.03. The number of carbonyl (C=O) groups excluding carboxylic acids is 1. The maximum absolute atomic E-state index is 12.8. The summed E-state index contributed by atoms with van der Waals surface area (Å²) in [5.41, 5.74) is 8.43. The van der Waals surface area contributed by atoms with Crippen LogP contribution in [0.2, 0.25) is 0 Å². The second-order valence-electron chi connectivity index (χ2n) is 4.89. The molecule has 5 nitrogen and oxygen atoms in total. The molecule has 114 valence electrons. The molecule has 23 heavy (non-hydrogen) atoms. The van der Waals surface area contributed by atoms with Crippen molar-refractivity contribution in [2.45, 2.75) is 0 Å². The number of nitrogen functional groups attached to an aromatic ring is 1. The molecule has 1 aromatic heterocycles. The molecule has 0 radical (unpaired) electrons. The van der Waals surface area contributed by atoms with Crippen molar-refractivity contribution in [3.05, 3.63) is 81.2 Å². The van der Waals surface area contributed by atoms with Gasteiger partial charge in [-0.15, -0.1) is 11.3 Å². The quantitative estimate of drug-likeness (QED) is 0.444. The van der Waals surface area contributed by atoms with Gasteiger partial charge in [-0.3, -0.25) is 14.9 Å². The van der Waals surface area contributed by atoms with Crippen molar-refractivity contribution in [1.29, 1.82) is 0 Å². The maximum Gasteiger partial charge on any atom is 0.269 e. The van der Waals surface area contributed by atoms with E-state index in [2.05, 4.69) is 0 Å². The third kappa shape index (κ3) is 2.84. The number of nitrogens with two attached hydrogens (primary N) is 1. The maximum atomic E-state index is 12.8. The van der Waals surface area contributed by atoms with Gasteiger partial charge >= 0.3 is 0 Å². The van der Waals surface area contributed by atoms with Crippen LogP contribution in [-0.4, -0.2) is 10.7 Å². The second-order valence-corrected chi connectivity index (χ2v) is 5.80. The van der Waals surface area contributed by atoms with Crippen LogP contribution in [0.3, 0.4) is 0 Å². The van der Waals surface area contributed by atoms with Gasteiger partial charge in [0.2, 0.25) is 0 Å². The van der Waals surface area contributed by atoms with E-state index in [4.69, 9.17) is 5.73 Å². The number of ketones is 1. The van der Waals surface area contributed by atoms with Crippen molar-refractivity contribution in [3.8, 4) is 11.1 Å². The molecule has 2 N–H and O–H groups in total. The van der Waals surface area contributed by atoms with Gasteiger partial charge in [-0.1, -0.05) is 30.3 Å². The van der Waals surface area contributed by atoms with Crippen LogP contribution in [0.1, 0.15) is 15.9 Å². The van der Waals surface area contributed by atoms with Gasteiger partial charge in [0.15, 0.2) is 5.78 Å². The van der Waals surface area contributed by atoms with E-state index >= 15 is 0 Å². The Morgan fingerprint density at radius 3 is 2.30 bits per heavy atom. The normalized spacial score (nSPS) is 10.4. The lowest BCUT2D eigenvalue weighted by Gasteiger charge is -2.05. The van der Waals surface area contributed by atoms with Crippen LogP contribution >= 0.6 is 11.3 Å². The largest absolute Gasteiger partial charge is 0.390 e. The third-order valence-corrected chi connectivity index (χ3v) is 4.28. The first-order valence-electron chi connectivity index (χ1n) is 6.79. The van der Waals surface area contributed by atoms with Gasteiger partial charge in [-0.2, -0.15) is 0 Å². The molecule has 6 heteroatoms. The molecule has 0 saturated carbocycles. The zero-order chi connectivity index (χ0) is 16.4. The van der Waals surface area contributed by atoms with Crippen LogP contribution in [0.25, 0.3) is 11.1 Å². The summed E-state index contributed by atoms with van der Waals surface area (Å²) in [7, 11) is 0. The highest BCUT2D eigenvalue weighted by molar-refractivity contribution is 7.15. The van der Waals surface area contributed by atoms with Gasteiger partial charge in [0.25, 0.3) is 5.69 Å². The van der Waals surface area contributed by atoms with E-state index in [1.807, 2.05) is 35.7 Å². The lowest BCUT2D eigenvalue weighted by atomic mass is 9.97. The van der Waals surface area contributed by atoms with Gasteiger partial charge < -0.3 is 5.73 Å². The van der Waals surface area contributed by atoms with Crippen LogP contribution < -0.4 is 5.73 Å². The highest BCUT2D eigenvalue weighted by atomic mass is 32.1. The number of nitro benzene ring substituents is 1. The van der Waals surface area contributed by atoms with Crippen LogP contribution in [0.15, 0.2) is 60.0 Å². The lowest BCUT2D eigenvalue weighted by Crippen LogP contribution is -2.04. The first kappa shape index (κ1) is 14.9. The fraction of sp³-hybridized carbons (Fsp3) is 0. The fourth-order valence-corrected chi connectivity index (χ4v) is 3.14. The Bertz CT molecular complexity index is 871. The minimum absolute atomic E-state index is 0.0527. The Kier molecular flexibility index (Phi) is 3.91. The van der Waals surface area contributed by atoms with Crippen LogP contribution in [0.5, 0.6) is 0 Å². The number of thiophene rings is 1. The van der Waals surface area contributed by atoms with Gasteiger partial charge in [0.05, 0.1) is 15.5 Å². The van der Waals surface area contributed by atoms with E-state index in [9.17, 15) is 14.9 Å². The van der Waals surface area contributed by atoms with E-state index in [1.54, 1.807) is 0 Å². The van der Waals surface area contributed by atoms with Crippen molar-refractivity contribution in [2.24, 2.45) is 0 Å². The summed E-state index contributed by atoms with van der Waals surface area (Å²) in [6.45, 7) is 0. The molecular formula is C17H12N2O3S. The summed E-state index contributed by atoms with van der Waals surface area (Å²) in [5, 5.41) is 13.0. The zero-order valence-corrected chi connectivity index (χ0v) is 12.7. The molecule has 0 aliphatic heterocycles. The molecule has 0 aliphatic carbocycles. The van der Waals surface area contributed by atoms with Crippen molar-refractivity contribution >= 4 is 27.8 Å². The Labute approximate surface area is 136 Å². The average molecular weight is 324 g/mol. The van der Waals surface area contributed by atoms with Gasteiger partial charge in [-0.05, 0) is 17.7 Å². The van der Waals surface area contributed by atoms with E-state index < -0.39 is 4.92 Å². The van der Waals surface area contributed by atoms with Crippen LogP contribution in [0.4, 0.5) is 10.7 Å². The summed E-state index contributed by atoms with van der Waals surface area (Å²) in [6.07, 6.45) is 0. The monoisotopic (exact) mass is 324 g/mol. The molecule has 0 fully saturated rings. The fourth-order valence-electron chi connectivity index (χ4n) is 2.32. The highest BCUT2D eigenvalue weighted by Crippen LogP contribution is 2.35. The second kappa shape index (κ2) is 6.02. The molecule has 0 saturated heterocycles. The molecule has 1 heterocycles. The summed E-state index contributed by atoms with van der Waals surface area (Å²) >= 11 is 1.31. The summed E-state index contributed by atoms with van der Waals surface area (Å²) in [6, 6.07) is 15.0. The number of rotatable bonds is 4. The highest BCUT2D eigenvalue weighted by Gasteiger charge is 2.20. The number of non-ortho nitro benzene ring substituents is 1. The minimum atomic E-state index is -0.497. The van der Waals surface area contributed by atoms with Gasteiger partial charge in [0.1, 0.15) is 0 Å². The van der Waals surface area contributed by atoms with Crippen LogP contribution in [-0.2, 0) is 0 Å². The Morgan fingerprint density at radius 1 is 1.04 bits per heavy atom. The number of benzene rings is 2. The van der Waals surface area contributed by atoms with E-state index in [0.29, 0.717) is 16.1 Å². The number of anilines is 1. The number of nitro groups is 1. The van der Waals surface area contributed by atoms with Gasteiger partial charge in [0, 0.05) is 28.6 Å². The molecule has 3 rings (SSSR count). The summed E-state index contributed by atoms with van der Waals surface area (Å²) < 4.78 is 0. The minimum Gasteiger partial charge on any atom is -0.390 e. The molecule has 2 aromatic carbocycles. The predicted molar refractivity (Wildman–Crippen MR) is 90.7 cm³/mol. The number of hydrogen-bond donors (Lipinski definition) is 1. The average Bonchev–Trinajstić information content (AvgIpc) is 2.96. The van der Waals surface area contributed by atoms with Crippen molar-refractivity contribution in [2.75, 3.05) is 5.73 Å². The van der Waals surface area contributed by atoms with E-state index in [-0.39, 0.29) is 11.5 Å². The smallest absolute Gasteiger partial charge is 0.269 e. The van der Waals surface area contributed by atoms with E-state index in [0.717, 1.165) is 11.1 Å². The Hall–Kier alpha value is -2.99. The van der Waals surface area contributed by atoms with E-state index in [1.165, 1.54) is 35.6 Å². The molecule has 0 bridgehead atoms. The molecule has 0 amide bonds. The molecule has 0 aliphatic rings. The zero-order valence-electron chi connectivity index (χ0n) is 11.9. The first-order valence-corrected chi connectivity index (χ1v) is 7.67. The SMILES string of the molecule is Nc1scc(-c2ccccc2)c1C(=O)c1ccc([N+](=O)[O-])cc1. The third-order valence-electron chi connectivity index (χ3n) is 3.47. The number of hydrogen-bond acceptors (Lipinski definition) is 5. The molecule has 0 atom stereocenters. The molecule has 0 spiro atoms. The van der Waals surface area contributed by atoms with Crippen molar-refractivity contribution in [1.82, 2.24) is 0 Å². The molecule has 3 aromatic rings. The standard InChI is InChI=1S/C17H12N2O3S/c18-17-15(14(10-23-17)11-4-2-1-3-5-11)16(20)12-6-8-13(9-7-12)19(21)22/h1-10H,18H2. The Morgan fingerprint density at radius 2 is 1.70 bits per heavy atom. The topological polar surface area (TPSA) is 86.2 Å². The van der Waals surface area contributed by atoms with Crippen LogP contribution in [0, 0.1) is 10.1 Å². The summed E-state index contributed by atoms with van der Waals surface area (Å²) in [5.74, 6) is -0.238. The van der Waals surface area contributed by atoms with Crippen molar-refractivity contribution in [3.63, 3.8) is 0 Å². The number of carbonyl (C=O) groups is 1.